The van der Waals surface area contributed by atoms with Crippen LogP contribution >= 0.6 is 0 Å². The van der Waals surface area contributed by atoms with Crippen LogP contribution < -0.4 is 10.2 Å². The van der Waals surface area contributed by atoms with Crippen LogP contribution in [-0.4, -0.2) is 26.7 Å². The first kappa shape index (κ1) is 13.4. The van der Waals surface area contributed by atoms with Gasteiger partial charge in [0.25, 0.3) is 0 Å². The fraction of sp³-hybridized carbons (Fsp3) is 0.625. The predicted molar refractivity (Wildman–Crippen MR) is 79.3 cm³/mol. The molecular formula is C16H26N2. The Kier molecular flexibility index (Phi) is 4.65. The molecule has 0 spiro atoms. The third kappa shape index (κ3) is 3.26. The molecule has 0 amide bonds. The van der Waals surface area contributed by atoms with Crippen molar-refractivity contribution in [3.8, 4) is 0 Å². The summed E-state index contributed by atoms with van der Waals surface area (Å²) in [5, 5.41) is 3.50. The van der Waals surface area contributed by atoms with Gasteiger partial charge in [-0.3, -0.25) is 0 Å². The first-order valence-electron chi connectivity index (χ1n) is 7.16. The number of rotatable bonds is 4. The average Bonchev–Trinajstić information content (AvgIpc) is 2.39. The number of anilines is 1. The molecule has 18 heavy (non-hydrogen) atoms. The van der Waals surface area contributed by atoms with E-state index in [1.165, 1.54) is 36.9 Å². The maximum atomic E-state index is 3.50. The van der Waals surface area contributed by atoms with Crippen molar-refractivity contribution < 1.29 is 0 Å². The zero-order chi connectivity index (χ0) is 13.0. The highest BCUT2D eigenvalue weighted by atomic mass is 15.1. The van der Waals surface area contributed by atoms with Crippen molar-refractivity contribution in [1.82, 2.24) is 5.32 Å². The summed E-state index contributed by atoms with van der Waals surface area (Å²) in [4.78, 5) is 2.41. The lowest BCUT2D eigenvalue weighted by atomic mass is 9.84. The molecule has 1 aliphatic rings. The summed E-state index contributed by atoms with van der Waals surface area (Å²) >= 11 is 0. The standard InChI is InChI=1S/C16H26N2/c1-13-7-6-9-15(11-13)18(3)12-14-8-4-5-10-16(14)17-2/h6-7,9,11,14,16-17H,4-5,8,10,12H2,1-3H3. The number of nitrogens with zero attached hydrogens (tertiary/aromatic N) is 1. The van der Waals surface area contributed by atoms with Crippen LogP contribution in [0.1, 0.15) is 31.2 Å². The first-order chi connectivity index (χ1) is 8.70. The van der Waals surface area contributed by atoms with Crippen molar-refractivity contribution in [1.29, 1.82) is 0 Å². The van der Waals surface area contributed by atoms with E-state index in [0.717, 1.165) is 12.5 Å². The summed E-state index contributed by atoms with van der Waals surface area (Å²) in [6.07, 6.45) is 5.48. The SMILES string of the molecule is CNC1CCCCC1CN(C)c1cccc(C)c1. The van der Waals surface area contributed by atoms with Crippen LogP contribution in [0.4, 0.5) is 5.69 Å². The minimum Gasteiger partial charge on any atom is -0.374 e. The number of hydrogen-bond acceptors (Lipinski definition) is 2. The highest BCUT2D eigenvalue weighted by Gasteiger charge is 2.24. The van der Waals surface area contributed by atoms with Crippen LogP contribution in [0, 0.1) is 12.8 Å². The van der Waals surface area contributed by atoms with Gasteiger partial charge in [0.15, 0.2) is 0 Å². The Morgan fingerprint density at radius 1 is 1.28 bits per heavy atom. The summed E-state index contributed by atoms with van der Waals surface area (Å²) in [6, 6.07) is 9.50. The van der Waals surface area contributed by atoms with E-state index in [-0.39, 0.29) is 0 Å². The molecule has 0 bridgehead atoms. The number of benzene rings is 1. The largest absolute Gasteiger partial charge is 0.374 e. The topological polar surface area (TPSA) is 15.3 Å². The minimum atomic E-state index is 0.700. The molecule has 100 valence electrons. The lowest BCUT2D eigenvalue weighted by Gasteiger charge is -2.35. The molecule has 1 N–H and O–H groups in total. The number of nitrogens with one attached hydrogen (secondary N) is 1. The van der Waals surface area contributed by atoms with Gasteiger partial charge in [-0.05, 0) is 50.4 Å². The van der Waals surface area contributed by atoms with E-state index in [9.17, 15) is 0 Å². The summed E-state index contributed by atoms with van der Waals surface area (Å²) in [7, 11) is 4.33. The van der Waals surface area contributed by atoms with E-state index >= 15 is 0 Å². The van der Waals surface area contributed by atoms with Crippen LogP contribution in [-0.2, 0) is 0 Å². The van der Waals surface area contributed by atoms with Crippen molar-refractivity contribution in [2.24, 2.45) is 5.92 Å². The zero-order valence-corrected chi connectivity index (χ0v) is 11.9. The molecular weight excluding hydrogens is 220 g/mol. The lowest BCUT2D eigenvalue weighted by molar-refractivity contribution is 0.278. The summed E-state index contributed by atoms with van der Waals surface area (Å²) in [5.41, 5.74) is 2.68. The molecule has 0 saturated heterocycles. The molecule has 1 aromatic rings. The third-order valence-electron chi connectivity index (χ3n) is 4.23. The molecule has 1 saturated carbocycles. The molecule has 2 unspecified atom stereocenters. The Morgan fingerprint density at radius 3 is 2.78 bits per heavy atom. The Hall–Kier alpha value is -1.02. The molecule has 0 aromatic heterocycles. The monoisotopic (exact) mass is 246 g/mol. The Balaban J connectivity index is 1.99. The van der Waals surface area contributed by atoms with Crippen LogP contribution in [0.5, 0.6) is 0 Å². The van der Waals surface area contributed by atoms with Crippen LogP contribution in [0.2, 0.25) is 0 Å². The second kappa shape index (κ2) is 6.24. The molecule has 2 rings (SSSR count). The summed E-state index contributed by atoms with van der Waals surface area (Å²) < 4.78 is 0. The maximum absolute atomic E-state index is 3.50. The third-order valence-corrected chi connectivity index (χ3v) is 4.23. The van der Waals surface area contributed by atoms with Crippen molar-refractivity contribution in [3.63, 3.8) is 0 Å². The molecule has 0 heterocycles. The van der Waals surface area contributed by atoms with Crippen molar-refractivity contribution in [3.05, 3.63) is 29.8 Å². The second-order valence-corrected chi connectivity index (χ2v) is 5.66. The van der Waals surface area contributed by atoms with Gasteiger partial charge < -0.3 is 10.2 Å². The quantitative estimate of drug-likeness (QED) is 0.877. The second-order valence-electron chi connectivity index (χ2n) is 5.66. The maximum Gasteiger partial charge on any atom is 0.0366 e. The normalized spacial score (nSPS) is 23.9. The number of hydrogen-bond donors (Lipinski definition) is 1. The Bertz CT molecular complexity index is 375. The smallest absolute Gasteiger partial charge is 0.0366 e. The molecule has 1 fully saturated rings. The highest BCUT2D eigenvalue weighted by molar-refractivity contribution is 5.47. The van der Waals surface area contributed by atoms with Crippen LogP contribution in [0.25, 0.3) is 0 Å². The molecule has 2 nitrogen and oxygen atoms in total. The van der Waals surface area contributed by atoms with Gasteiger partial charge in [-0.15, -0.1) is 0 Å². The van der Waals surface area contributed by atoms with E-state index in [0.29, 0.717) is 6.04 Å². The number of aryl methyl sites for hydroxylation is 1. The highest BCUT2D eigenvalue weighted by Crippen LogP contribution is 2.26. The molecule has 2 heteroatoms. The van der Waals surface area contributed by atoms with E-state index in [1.54, 1.807) is 0 Å². The molecule has 2 atom stereocenters. The Labute approximate surface area is 111 Å². The van der Waals surface area contributed by atoms with Crippen LogP contribution in [0.15, 0.2) is 24.3 Å². The van der Waals surface area contributed by atoms with Crippen molar-refractivity contribution in [2.45, 2.75) is 38.6 Å². The molecule has 1 aliphatic carbocycles. The Morgan fingerprint density at radius 2 is 2.06 bits per heavy atom. The van der Waals surface area contributed by atoms with E-state index in [4.69, 9.17) is 0 Å². The summed E-state index contributed by atoms with van der Waals surface area (Å²) in [5.74, 6) is 0.786. The minimum absolute atomic E-state index is 0.700. The van der Waals surface area contributed by atoms with Gasteiger partial charge >= 0.3 is 0 Å². The van der Waals surface area contributed by atoms with Crippen molar-refractivity contribution >= 4 is 5.69 Å². The van der Waals surface area contributed by atoms with Crippen molar-refractivity contribution in [2.75, 3.05) is 25.5 Å². The molecule has 0 radical (unpaired) electrons. The van der Waals surface area contributed by atoms with E-state index in [2.05, 4.69) is 55.5 Å². The lowest BCUT2D eigenvalue weighted by Crippen LogP contribution is -2.42. The van der Waals surface area contributed by atoms with Gasteiger partial charge in [0, 0.05) is 25.3 Å². The fourth-order valence-electron chi connectivity index (χ4n) is 3.13. The van der Waals surface area contributed by atoms with Gasteiger partial charge in [0.1, 0.15) is 0 Å². The molecule has 0 aliphatic heterocycles. The summed E-state index contributed by atoms with van der Waals surface area (Å²) in [6.45, 7) is 3.32. The molecule has 1 aromatic carbocycles. The van der Waals surface area contributed by atoms with Crippen LogP contribution in [0.3, 0.4) is 0 Å². The van der Waals surface area contributed by atoms with Gasteiger partial charge in [0.2, 0.25) is 0 Å². The van der Waals surface area contributed by atoms with Gasteiger partial charge in [-0.1, -0.05) is 25.0 Å². The first-order valence-corrected chi connectivity index (χ1v) is 7.16. The van der Waals surface area contributed by atoms with Gasteiger partial charge in [-0.2, -0.15) is 0 Å². The van der Waals surface area contributed by atoms with E-state index in [1.807, 2.05) is 0 Å². The van der Waals surface area contributed by atoms with E-state index < -0.39 is 0 Å². The van der Waals surface area contributed by atoms with Gasteiger partial charge in [-0.25, -0.2) is 0 Å². The average molecular weight is 246 g/mol. The van der Waals surface area contributed by atoms with Gasteiger partial charge in [0.05, 0.1) is 0 Å². The zero-order valence-electron chi connectivity index (χ0n) is 11.9. The predicted octanol–water partition coefficient (Wildman–Crippen LogP) is 3.21. The fourth-order valence-corrected chi connectivity index (χ4v) is 3.13.